The second kappa shape index (κ2) is 6.98. The molecule has 2 N–H and O–H groups in total. The van der Waals surface area contributed by atoms with Gasteiger partial charge in [0.2, 0.25) is 5.91 Å². The van der Waals surface area contributed by atoms with Crippen LogP contribution < -0.4 is 10.6 Å². The van der Waals surface area contributed by atoms with E-state index in [1.165, 1.54) is 25.1 Å². The van der Waals surface area contributed by atoms with E-state index in [4.69, 9.17) is 0 Å². The van der Waals surface area contributed by atoms with Gasteiger partial charge in [0.1, 0.15) is 12.1 Å². The molecule has 1 aromatic carbocycles. The fourth-order valence-corrected chi connectivity index (χ4v) is 3.70. The zero-order chi connectivity index (χ0) is 19.8. The Balaban J connectivity index is 1.70. The number of benzene rings is 1. The van der Waals surface area contributed by atoms with Crippen molar-refractivity contribution in [2.75, 3.05) is 11.9 Å². The summed E-state index contributed by atoms with van der Waals surface area (Å²) in [5.41, 5.74) is -0.419. The van der Waals surface area contributed by atoms with Gasteiger partial charge in [-0.25, -0.2) is 4.79 Å². The van der Waals surface area contributed by atoms with Gasteiger partial charge < -0.3 is 10.6 Å². The van der Waals surface area contributed by atoms with Gasteiger partial charge in [0.25, 0.3) is 11.6 Å². The van der Waals surface area contributed by atoms with Gasteiger partial charge in [0.15, 0.2) is 0 Å². The smallest absolute Gasteiger partial charge is 0.324 e. The van der Waals surface area contributed by atoms with E-state index < -0.39 is 28.9 Å². The number of urea groups is 1. The largest absolute Gasteiger partial charge is 0.325 e. The minimum atomic E-state index is -0.897. The molecule has 0 aromatic heterocycles. The molecule has 27 heavy (non-hydrogen) atoms. The van der Waals surface area contributed by atoms with Gasteiger partial charge in [-0.2, -0.15) is 0 Å². The molecular weight excluding hydrogens is 352 g/mol. The zero-order valence-corrected chi connectivity index (χ0v) is 15.3. The molecule has 9 nitrogen and oxygen atoms in total. The molecule has 1 aliphatic carbocycles. The number of nitrogens with zero attached hydrogens (tertiary/aromatic N) is 2. The van der Waals surface area contributed by atoms with Crippen molar-refractivity contribution in [2.24, 2.45) is 5.92 Å². The highest BCUT2D eigenvalue weighted by Crippen LogP contribution is 2.36. The molecule has 0 bridgehead atoms. The van der Waals surface area contributed by atoms with E-state index in [-0.39, 0.29) is 17.3 Å². The van der Waals surface area contributed by atoms with Gasteiger partial charge >= 0.3 is 6.03 Å². The Labute approximate surface area is 156 Å². The molecule has 4 amide bonds. The lowest BCUT2D eigenvalue weighted by atomic mass is 9.77. The van der Waals surface area contributed by atoms with E-state index in [9.17, 15) is 24.5 Å². The maximum Gasteiger partial charge on any atom is 0.325 e. The molecule has 1 aromatic rings. The number of amides is 4. The van der Waals surface area contributed by atoms with Crippen molar-refractivity contribution < 1.29 is 19.3 Å². The van der Waals surface area contributed by atoms with E-state index in [0.29, 0.717) is 24.3 Å². The standard InChI is InChI=1S/C18H22N4O5/c1-11-6-8-18(9-7-11)16(24)21(17(25)20-18)10-15(23)19-13-4-3-5-14(12(13)2)22(26)27/h3-5,11H,6-10H2,1-2H3,(H,19,23)(H,20,25). The van der Waals surface area contributed by atoms with Crippen molar-refractivity contribution in [3.8, 4) is 0 Å². The molecular formula is C18H22N4O5. The molecule has 0 unspecified atom stereocenters. The highest BCUT2D eigenvalue weighted by Gasteiger charge is 2.52. The van der Waals surface area contributed by atoms with Crippen molar-refractivity contribution in [3.05, 3.63) is 33.9 Å². The third kappa shape index (κ3) is 3.49. The van der Waals surface area contributed by atoms with E-state index in [0.717, 1.165) is 17.7 Å². The number of anilines is 1. The number of carbonyl (C=O) groups excluding carboxylic acids is 3. The van der Waals surface area contributed by atoms with Gasteiger partial charge in [-0.05, 0) is 44.6 Å². The Bertz CT molecular complexity index is 814. The van der Waals surface area contributed by atoms with Crippen LogP contribution in [-0.4, -0.2) is 39.8 Å². The zero-order valence-electron chi connectivity index (χ0n) is 15.3. The Morgan fingerprint density at radius 3 is 2.67 bits per heavy atom. The lowest BCUT2D eigenvalue weighted by molar-refractivity contribution is -0.385. The lowest BCUT2D eigenvalue weighted by Crippen LogP contribution is -2.49. The summed E-state index contributed by atoms with van der Waals surface area (Å²) in [5, 5.41) is 16.3. The van der Waals surface area contributed by atoms with E-state index in [1.54, 1.807) is 0 Å². The first-order valence-corrected chi connectivity index (χ1v) is 8.91. The van der Waals surface area contributed by atoms with Gasteiger partial charge in [-0.15, -0.1) is 0 Å². The predicted octanol–water partition coefficient (Wildman–Crippen LogP) is 2.34. The molecule has 144 valence electrons. The molecule has 1 saturated carbocycles. The first-order valence-electron chi connectivity index (χ1n) is 8.91. The quantitative estimate of drug-likeness (QED) is 0.476. The van der Waals surface area contributed by atoms with Crippen LogP contribution >= 0.6 is 0 Å². The molecule has 2 aliphatic rings. The van der Waals surface area contributed by atoms with Crippen LogP contribution in [0, 0.1) is 23.0 Å². The first-order chi connectivity index (χ1) is 12.7. The number of imide groups is 1. The van der Waals surface area contributed by atoms with Crippen molar-refractivity contribution in [1.29, 1.82) is 0 Å². The fourth-order valence-electron chi connectivity index (χ4n) is 3.70. The number of rotatable bonds is 4. The topological polar surface area (TPSA) is 122 Å². The predicted molar refractivity (Wildman–Crippen MR) is 97.1 cm³/mol. The van der Waals surface area contributed by atoms with Crippen LogP contribution in [0.4, 0.5) is 16.2 Å². The highest BCUT2D eigenvalue weighted by molar-refractivity contribution is 6.10. The monoisotopic (exact) mass is 374 g/mol. The summed E-state index contributed by atoms with van der Waals surface area (Å²) in [6, 6.07) is 3.78. The molecule has 0 atom stereocenters. The average Bonchev–Trinajstić information content (AvgIpc) is 2.83. The highest BCUT2D eigenvalue weighted by atomic mass is 16.6. The summed E-state index contributed by atoms with van der Waals surface area (Å²) in [4.78, 5) is 48.8. The Hall–Kier alpha value is -2.97. The van der Waals surface area contributed by atoms with Gasteiger partial charge in [-0.1, -0.05) is 13.0 Å². The number of hydrogen-bond donors (Lipinski definition) is 2. The number of nitrogens with one attached hydrogen (secondary N) is 2. The summed E-state index contributed by atoms with van der Waals surface area (Å²) in [6.07, 6.45) is 2.83. The number of hydrogen-bond acceptors (Lipinski definition) is 5. The summed E-state index contributed by atoms with van der Waals surface area (Å²) < 4.78 is 0. The normalized spacial score (nSPS) is 24.8. The SMILES string of the molecule is Cc1c(NC(=O)CN2C(=O)NC3(CCC(C)CC3)C2=O)cccc1[N+](=O)[O-]. The van der Waals surface area contributed by atoms with Gasteiger partial charge in [0.05, 0.1) is 16.2 Å². The maximum atomic E-state index is 12.8. The Kier molecular flexibility index (Phi) is 4.86. The van der Waals surface area contributed by atoms with Crippen molar-refractivity contribution in [2.45, 2.75) is 45.1 Å². The Morgan fingerprint density at radius 1 is 1.37 bits per heavy atom. The van der Waals surface area contributed by atoms with Crippen LogP contribution in [0.3, 0.4) is 0 Å². The molecule has 1 spiro atoms. The van der Waals surface area contributed by atoms with Crippen LogP contribution in [0.2, 0.25) is 0 Å². The van der Waals surface area contributed by atoms with E-state index >= 15 is 0 Å². The summed E-state index contributed by atoms with van der Waals surface area (Å²) in [6.45, 7) is 3.21. The number of nitro groups is 1. The molecule has 1 saturated heterocycles. The summed E-state index contributed by atoms with van der Waals surface area (Å²) >= 11 is 0. The second-order valence-corrected chi connectivity index (χ2v) is 7.34. The second-order valence-electron chi connectivity index (χ2n) is 7.34. The lowest BCUT2D eigenvalue weighted by Gasteiger charge is -2.33. The van der Waals surface area contributed by atoms with Crippen LogP contribution in [0.25, 0.3) is 0 Å². The van der Waals surface area contributed by atoms with Crippen LogP contribution in [0.5, 0.6) is 0 Å². The van der Waals surface area contributed by atoms with Crippen molar-refractivity contribution >= 4 is 29.2 Å². The van der Waals surface area contributed by atoms with E-state index in [2.05, 4.69) is 17.6 Å². The van der Waals surface area contributed by atoms with E-state index in [1.807, 2.05) is 0 Å². The number of carbonyl (C=O) groups is 3. The van der Waals surface area contributed by atoms with Crippen LogP contribution in [0.15, 0.2) is 18.2 Å². The molecule has 3 rings (SSSR count). The maximum absolute atomic E-state index is 12.8. The minimum Gasteiger partial charge on any atom is -0.324 e. The third-order valence-corrected chi connectivity index (χ3v) is 5.45. The summed E-state index contributed by atoms with van der Waals surface area (Å²) in [7, 11) is 0. The molecule has 2 fully saturated rings. The van der Waals surface area contributed by atoms with Gasteiger partial charge in [0, 0.05) is 6.07 Å². The summed E-state index contributed by atoms with van der Waals surface area (Å²) in [5.74, 6) is -0.442. The average molecular weight is 374 g/mol. The molecule has 9 heteroatoms. The third-order valence-electron chi connectivity index (χ3n) is 5.45. The first kappa shape index (κ1) is 18.8. The van der Waals surface area contributed by atoms with Crippen molar-refractivity contribution in [1.82, 2.24) is 10.2 Å². The minimum absolute atomic E-state index is 0.113. The molecule has 0 radical (unpaired) electrons. The molecule has 1 aliphatic heterocycles. The Morgan fingerprint density at radius 2 is 2.04 bits per heavy atom. The molecule has 1 heterocycles. The van der Waals surface area contributed by atoms with Gasteiger partial charge in [-0.3, -0.25) is 24.6 Å². The van der Waals surface area contributed by atoms with Crippen LogP contribution in [-0.2, 0) is 9.59 Å². The van der Waals surface area contributed by atoms with Crippen molar-refractivity contribution in [3.63, 3.8) is 0 Å². The number of nitro benzene ring substituents is 1. The van der Waals surface area contributed by atoms with Crippen LogP contribution in [0.1, 0.15) is 38.2 Å². The fraction of sp³-hybridized carbons (Fsp3) is 0.500.